The molecule has 1 unspecified atom stereocenters. The zero-order chi connectivity index (χ0) is 18.8. The summed E-state index contributed by atoms with van der Waals surface area (Å²) in [6.45, 7) is 7.22. The third-order valence-corrected chi connectivity index (χ3v) is 7.31. The van der Waals surface area contributed by atoms with E-state index in [-0.39, 0.29) is 0 Å². The van der Waals surface area contributed by atoms with E-state index in [0.717, 1.165) is 54.3 Å². The number of likely N-dealkylation sites (tertiary alicyclic amines) is 1. The van der Waals surface area contributed by atoms with E-state index in [4.69, 9.17) is 0 Å². The van der Waals surface area contributed by atoms with Gasteiger partial charge in [0.05, 0.1) is 25.9 Å². The summed E-state index contributed by atoms with van der Waals surface area (Å²) in [5.41, 5.74) is 3.55. The topological polar surface area (TPSA) is 46.1 Å². The van der Waals surface area contributed by atoms with E-state index >= 15 is 0 Å². The fourth-order valence-electron chi connectivity index (χ4n) is 4.21. The van der Waals surface area contributed by atoms with Crippen molar-refractivity contribution in [3.8, 4) is 0 Å². The minimum absolute atomic E-state index is 0.318. The minimum Gasteiger partial charge on any atom is -0.303 e. The van der Waals surface area contributed by atoms with Gasteiger partial charge in [0.2, 0.25) is 0 Å². The van der Waals surface area contributed by atoms with Crippen LogP contribution in [0.2, 0.25) is 0 Å². The number of carbonyl (C=O) groups is 1. The maximum atomic E-state index is 11.4. The number of rotatable bonds is 6. The van der Waals surface area contributed by atoms with Crippen LogP contribution in [-0.4, -0.2) is 34.2 Å². The molecule has 0 aliphatic carbocycles. The van der Waals surface area contributed by atoms with E-state index in [9.17, 15) is 4.79 Å². The van der Waals surface area contributed by atoms with Crippen LogP contribution in [0.3, 0.4) is 0 Å². The molecule has 3 heterocycles. The van der Waals surface area contributed by atoms with Crippen LogP contribution in [0.25, 0.3) is 10.2 Å². The zero-order valence-corrected chi connectivity index (χ0v) is 17.5. The first kappa shape index (κ1) is 18.7. The Morgan fingerprint density at radius 3 is 2.74 bits per heavy atom. The van der Waals surface area contributed by atoms with Crippen LogP contribution in [0, 0.1) is 19.8 Å². The van der Waals surface area contributed by atoms with Crippen molar-refractivity contribution in [3.05, 3.63) is 44.9 Å². The molecule has 142 valence electrons. The van der Waals surface area contributed by atoms with E-state index < -0.39 is 0 Å². The lowest BCUT2D eigenvalue weighted by Gasteiger charge is -2.35. The number of thiazole rings is 2. The lowest BCUT2D eigenvalue weighted by Crippen LogP contribution is -2.35. The SMILES string of the molecule is Cc1nc(CN2CCC(C(CC=O)c3ccc4nc(C)sc4c3)CC2)cs1. The molecule has 1 aromatic carbocycles. The summed E-state index contributed by atoms with van der Waals surface area (Å²) in [7, 11) is 0. The van der Waals surface area contributed by atoms with Crippen molar-refractivity contribution in [2.45, 2.75) is 45.6 Å². The first-order valence-corrected chi connectivity index (χ1v) is 11.3. The summed E-state index contributed by atoms with van der Waals surface area (Å²) in [6, 6.07) is 6.56. The molecule has 0 amide bonds. The summed E-state index contributed by atoms with van der Waals surface area (Å²) in [5.74, 6) is 0.882. The molecule has 1 fully saturated rings. The first-order chi connectivity index (χ1) is 13.1. The Kier molecular flexibility index (Phi) is 5.66. The molecule has 1 aliphatic rings. The van der Waals surface area contributed by atoms with Gasteiger partial charge in [0.1, 0.15) is 6.29 Å². The van der Waals surface area contributed by atoms with Gasteiger partial charge in [0.25, 0.3) is 0 Å². The highest BCUT2D eigenvalue weighted by Gasteiger charge is 2.28. The van der Waals surface area contributed by atoms with Gasteiger partial charge in [-0.1, -0.05) is 6.07 Å². The highest BCUT2D eigenvalue weighted by Crippen LogP contribution is 2.37. The summed E-state index contributed by atoms with van der Waals surface area (Å²) >= 11 is 3.46. The highest BCUT2D eigenvalue weighted by molar-refractivity contribution is 7.18. The lowest BCUT2D eigenvalue weighted by molar-refractivity contribution is -0.108. The van der Waals surface area contributed by atoms with Gasteiger partial charge in [-0.3, -0.25) is 4.90 Å². The smallest absolute Gasteiger partial charge is 0.120 e. The number of aldehydes is 1. The molecule has 0 spiro atoms. The molecule has 0 radical (unpaired) electrons. The summed E-state index contributed by atoms with van der Waals surface area (Å²) in [6.07, 6.45) is 3.99. The highest BCUT2D eigenvalue weighted by atomic mass is 32.1. The standard InChI is InChI=1S/C21H25N3OS2/c1-14-22-18(13-26-14)12-24-8-5-16(6-9-24)19(7-10-25)17-3-4-20-21(11-17)27-15(2)23-20/h3-4,10-11,13,16,19H,5-9,12H2,1-2H3. The van der Waals surface area contributed by atoms with E-state index in [2.05, 4.69) is 45.4 Å². The second-order valence-electron chi connectivity index (χ2n) is 7.44. The number of fused-ring (bicyclic) bond motifs is 1. The van der Waals surface area contributed by atoms with Crippen molar-refractivity contribution in [1.82, 2.24) is 14.9 Å². The maximum absolute atomic E-state index is 11.4. The molecule has 0 N–H and O–H groups in total. The Morgan fingerprint density at radius 2 is 2.04 bits per heavy atom. The first-order valence-electron chi connectivity index (χ1n) is 9.56. The average Bonchev–Trinajstić information content (AvgIpc) is 3.24. The van der Waals surface area contributed by atoms with Gasteiger partial charge in [-0.25, -0.2) is 9.97 Å². The van der Waals surface area contributed by atoms with Crippen molar-refractivity contribution in [1.29, 1.82) is 0 Å². The van der Waals surface area contributed by atoms with E-state index in [1.807, 2.05) is 6.92 Å². The van der Waals surface area contributed by atoms with Crippen LogP contribution < -0.4 is 0 Å². The second kappa shape index (κ2) is 8.17. The molecule has 27 heavy (non-hydrogen) atoms. The summed E-state index contributed by atoms with van der Waals surface area (Å²) in [5, 5.41) is 4.40. The van der Waals surface area contributed by atoms with Crippen molar-refractivity contribution < 1.29 is 4.79 Å². The molecule has 0 bridgehead atoms. The monoisotopic (exact) mass is 399 g/mol. The van der Waals surface area contributed by atoms with E-state index in [0.29, 0.717) is 18.3 Å². The van der Waals surface area contributed by atoms with Gasteiger partial charge in [0.15, 0.2) is 0 Å². The van der Waals surface area contributed by atoms with Crippen LogP contribution in [0.5, 0.6) is 0 Å². The Morgan fingerprint density at radius 1 is 1.22 bits per heavy atom. The number of hydrogen-bond donors (Lipinski definition) is 0. The van der Waals surface area contributed by atoms with Crippen molar-refractivity contribution in [2.75, 3.05) is 13.1 Å². The predicted molar refractivity (Wildman–Crippen MR) is 113 cm³/mol. The molecule has 3 aromatic rings. The van der Waals surface area contributed by atoms with Gasteiger partial charge < -0.3 is 4.79 Å². The van der Waals surface area contributed by atoms with Crippen LogP contribution in [0.15, 0.2) is 23.6 Å². The number of aromatic nitrogens is 2. The number of piperidine rings is 1. The number of aryl methyl sites for hydroxylation is 2. The van der Waals surface area contributed by atoms with Gasteiger partial charge >= 0.3 is 0 Å². The Bertz CT molecular complexity index is 925. The number of benzene rings is 1. The second-order valence-corrected chi connectivity index (χ2v) is 9.74. The fraction of sp³-hybridized carbons (Fsp3) is 0.476. The molecule has 2 aromatic heterocycles. The molecular formula is C21H25N3OS2. The molecule has 1 atom stereocenters. The lowest BCUT2D eigenvalue weighted by atomic mass is 9.78. The Labute approximate surface area is 168 Å². The molecule has 0 saturated carbocycles. The quantitative estimate of drug-likeness (QED) is 0.550. The Hall–Kier alpha value is -1.63. The maximum Gasteiger partial charge on any atom is 0.120 e. The molecule has 1 saturated heterocycles. The Balaban J connectivity index is 1.45. The van der Waals surface area contributed by atoms with Crippen molar-refractivity contribution in [2.24, 2.45) is 5.92 Å². The van der Waals surface area contributed by atoms with Crippen LogP contribution in [0.1, 0.15) is 46.5 Å². The summed E-state index contributed by atoms with van der Waals surface area (Å²) in [4.78, 5) is 23.0. The van der Waals surface area contributed by atoms with Crippen molar-refractivity contribution in [3.63, 3.8) is 0 Å². The zero-order valence-electron chi connectivity index (χ0n) is 15.9. The predicted octanol–water partition coefficient (Wildman–Crippen LogP) is 4.95. The molecule has 1 aliphatic heterocycles. The molecular weight excluding hydrogens is 374 g/mol. The van der Waals surface area contributed by atoms with E-state index in [1.165, 1.54) is 16.0 Å². The number of carbonyl (C=O) groups excluding carboxylic acids is 1. The average molecular weight is 400 g/mol. The third kappa shape index (κ3) is 4.28. The molecule has 4 rings (SSSR count). The largest absolute Gasteiger partial charge is 0.303 e. The summed E-state index contributed by atoms with van der Waals surface area (Å²) < 4.78 is 1.23. The van der Waals surface area contributed by atoms with Crippen LogP contribution >= 0.6 is 22.7 Å². The van der Waals surface area contributed by atoms with Gasteiger partial charge in [-0.15, -0.1) is 22.7 Å². The normalized spacial score (nSPS) is 17.4. The molecule has 4 nitrogen and oxygen atoms in total. The van der Waals surface area contributed by atoms with Gasteiger partial charge in [0, 0.05) is 18.3 Å². The molecule has 6 heteroatoms. The number of hydrogen-bond acceptors (Lipinski definition) is 6. The van der Waals surface area contributed by atoms with Crippen LogP contribution in [-0.2, 0) is 11.3 Å². The third-order valence-electron chi connectivity index (χ3n) is 5.55. The van der Waals surface area contributed by atoms with Crippen LogP contribution in [0.4, 0.5) is 0 Å². The number of nitrogens with zero attached hydrogens (tertiary/aromatic N) is 3. The van der Waals surface area contributed by atoms with Gasteiger partial charge in [-0.05, 0) is 69.3 Å². The van der Waals surface area contributed by atoms with Gasteiger partial charge in [-0.2, -0.15) is 0 Å². The minimum atomic E-state index is 0.318. The van der Waals surface area contributed by atoms with Crippen molar-refractivity contribution >= 4 is 39.2 Å². The fourth-order valence-corrected chi connectivity index (χ4v) is 5.69. The van der Waals surface area contributed by atoms with E-state index in [1.54, 1.807) is 22.7 Å².